The van der Waals surface area contributed by atoms with Crippen molar-refractivity contribution in [2.45, 2.75) is 19.8 Å². The first-order chi connectivity index (χ1) is 5.65. The monoisotopic (exact) mass is 164 g/mol. The molecule has 0 aliphatic carbocycles. The molecule has 0 aliphatic heterocycles. The molecule has 1 aromatic rings. The third-order valence-electron chi connectivity index (χ3n) is 1.86. The Morgan fingerprint density at radius 3 is 2.50 bits per heavy atom. The van der Waals surface area contributed by atoms with E-state index in [4.69, 9.17) is 4.65 Å². The largest absolute Gasteiger partial charge is 0.568 e. The van der Waals surface area contributed by atoms with Gasteiger partial charge in [-0.25, -0.2) is 0 Å². The molecule has 0 bridgehead atoms. The first kappa shape index (κ1) is 8.98. The van der Waals surface area contributed by atoms with Crippen molar-refractivity contribution in [2.24, 2.45) is 0 Å². The zero-order valence-electron chi connectivity index (χ0n) is 7.66. The van der Waals surface area contributed by atoms with Crippen LogP contribution in [0.1, 0.15) is 25.3 Å². The van der Waals surface area contributed by atoms with E-state index in [9.17, 15) is 5.11 Å². The molecule has 1 rings (SSSR count). The predicted octanol–water partition coefficient (Wildman–Crippen LogP) is 1.44. The fourth-order valence-electron chi connectivity index (χ4n) is 1.14. The molecule has 0 aromatic heterocycles. The van der Waals surface area contributed by atoms with Crippen molar-refractivity contribution >= 4 is 8.05 Å². The Kier molecular flexibility index (Phi) is 2.63. The van der Waals surface area contributed by atoms with Crippen molar-refractivity contribution in [3.05, 3.63) is 23.8 Å². The second-order valence-corrected chi connectivity index (χ2v) is 3.08. The van der Waals surface area contributed by atoms with Gasteiger partial charge < -0.3 is 9.76 Å². The van der Waals surface area contributed by atoms with E-state index >= 15 is 0 Å². The number of hydrogen-bond donors (Lipinski definition) is 1. The van der Waals surface area contributed by atoms with Crippen LogP contribution in [0.4, 0.5) is 0 Å². The fraction of sp³-hybridized carbons (Fsp3) is 0.333. The summed E-state index contributed by atoms with van der Waals surface area (Å²) in [5, 5.41) is 9.51. The van der Waals surface area contributed by atoms with Gasteiger partial charge in [0, 0.05) is 6.07 Å². The second kappa shape index (κ2) is 3.52. The summed E-state index contributed by atoms with van der Waals surface area (Å²) in [6.07, 6.45) is 0. The summed E-state index contributed by atoms with van der Waals surface area (Å²) in [4.78, 5) is 0. The summed E-state index contributed by atoms with van der Waals surface area (Å²) in [7, 11) is 1.59. The summed E-state index contributed by atoms with van der Waals surface area (Å²) < 4.78 is 4.97. The van der Waals surface area contributed by atoms with Crippen LogP contribution >= 0.6 is 0 Å². The van der Waals surface area contributed by atoms with Gasteiger partial charge in [0.2, 0.25) is 0 Å². The fourth-order valence-corrected chi connectivity index (χ4v) is 1.14. The van der Waals surface area contributed by atoms with E-state index in [2.05, 4.69) is 0 Å². The SMILES string of the molecule is BOc1ccc(C(C)C)c(O)c1. The van der Waals surface area contributed by atoms with Crippen LogP contribution in [0.25, 0.3) is 0 Å². The van der Waals surface area contributed by atoms with Crippen LogP contribution in [0.5, 0.6) is 11.5 Å². The van der Waals surface area contributed by atoms with Crippen molar-refractivity contribution in [3.8, 4) is 11.5 Å². The number of aromatic hydroxyl groups is 1. The molecule has 0 radical (unpaired) electrons. The molecule has 0 saturated heterocycles. The van der Waals surface area contributed by atoms with Crippen LogP contribution in [-0.4, -0.2) is 13.2 Å². The first-order valence-corrected chi connectivity index (χ1v) is 4.02. The van der Waals surface area contributed by atoms with Crippen LogP contribution in [0.15, 0.2) is 18.2 Å². The Bertz CT molecular complexity index is 271. The van der Waals surface area contributed by atoms with Crippen molar-refractivity contribution in [1.29, 1.82) is 0 Å². The molecule has 0 atom stereocenters. The van der Waals surface area contributed by atoms with Crippen molar-refractivity contribution in [3.63, 3.8) is 0 Å². The maximum absolute atomic E-state index is 9.51. The van der Waals surface area contributed by atoms with Gasteiger partial charge >= 0.3 is 8.05 Å². The Hall–Kier alpha value is -1.12. The number of rotatable bonds is 2. The molecule has 2 nitrogen and oxygen atoms in total. The van der Waals surface area contributed by atoms with Gasteiger partial charge in [-0.15, -0.1) is 0 Å². The van der Waals surface area contributed by atoms with E-state index < -0.39 is 0 Å². The highest BCUT2D eigenvalue weighted by molar-refractivity contribution is 5.99. The lowest BCUT2D eigenvalue weighted by atomic mass is 10.0. The second-order valence-electron chi connectivity index (χ2n) is 3.08. The molecule has 3 heteroatoms. The molecule has 0 amide bonds. The molecule has 1 aromatic carbocycles. The molecule has 1 N–H and O–H groups in total. The van der Waals surface area contributed by atoms with Crippen LogP contribution < -0.4 is 4.65 Å². The molecule has 0 unspecified atom stereocenters. The van der Waals surface area contributed by atoms with E-state index in [1.807, 2.05) is 26.0 Å². The zero-order chi connectivity index (χ0) is 9.14. The molecule has 0 saturated carbocycles. The lowest BCUT2D eigenvalue weighted by Crippen LogP contribution is -1.90. The highest BCUT2D eigenvalue weighted by atomic mass is 16.4. The molecule has 64 valence electrons. The van der Waals surface area contributed by atoms with E-state index in [1.165, 1.54) is 0 Å². The van der Waals surface area contributed by atoms with E-state index in [0.29, 0.717) is 17.4 Å². The molecule has 0 aliphatic rings. The first-order valence-electron chi connectivity index (χ1n) is 4.02. The maximum Gasteiger partial charge on any atom is 0.322 e. The Morgan fingerprint density at radius 1 is 1.42 bits per heavy atom. The lowest BCUT2D eigenvalue weighted by molar-refractivity contribution is 0.461. The van der Waals surface area contributed by atoms with Gasteiger partial charge in [0.1, 0.15) is 11.5 Å². The Morgan fingerprint density at radius 2 is 2.08 bits per heavy atom. The van der Waals surface area contributed by atoms with E-state index in [-0.39, 0.29) is 0 Å². The highest BCUT2D eigenvalue weighted by Crippen LogP contribution is 2.28. The summed E-state index contributed by atoms with van der Waals surface area (Å²) in [6, 6.07) is 5.38. The van der Waals surface area contributed by atoms with Gasteiger partial charge in [-0.3, -0.25) is 0 Å². The molecule has 12 heavy (non-hydrogen) atoms. The van der Waals surface area contributed by atoms with Crippen molar-refractivity contribution < 1.29 is 9.76 Å². The van der Waals surface area contributed by atoms with Gasteiger partial charge in [-0.1, -0.05) is 19.9 Å². The smallest absolute Gasteiger partial charge is 0.322 e. The minimum Gasteiger partial charge on any atom is -0.568 e. The molecular formula is C9H13BO2. The lowest BCUT2D eigenvalue weighted by Gasteiger charge is -2.09. The van der Waals surface area contributed by atoms with Crippen molar-refractivity contribution in [2.75, 3.05) is 0 Å². The van der Waals surface area contributed by atoms with Crippen molar-refractivity contribution in [1.82, 2.24) is 0 Å². The molecule has 0 fully saturated rings. The predicted molar refractivity (Wildman–Crippen MR) is 51.4 cm³/mol. The summed E-state index contributed by atoms with van der Waals surface area (Å²) in [6.45, 7) is 4.09. The standard InChI is InChI=1S/C9H13BO2/c1-6(2)8-4-3-7(12-10)5-9(8)11/h3-6,11H,10H2,1-2H3. The average Bonchev–Trinajstić information content (AvgIpc) is 2.03. The van der Waals surface area contributed by atoms with Gasteiger partial charge in [0.05, 0.1) is 0 Å². The van der Waals surface area contributed by atoms with Gasteiger partial charge in [-0.05, 0) is 17.5 Å². The minimum atomic E-state index is 0.310. The van der Waals surface area contributed by atoms with E-state index in [1.54, 1.807) is 14.1 Å². The molecule has 0 heterocycles. The summed E-state index contributed by atoms with van der Waals surface area (Å²) in [5.74, 6) is 1.34. The quantitative estimate of drug-likeness (QED) is 0.670. The van der Waals surface area contributed by atoms with Gasteiger partial charge in [0.15, 0.2) is 0 Å². The Labute approximate surface area is 73.6 Å². The highest BCUT2D eigenvalue weighted by Gasteiger charge is 2.05. The van der Waals surface area contributed by atoms with E-state index in [0.717, 1.165) is 5.56 Å². The van der Waals surface area contributed by atoms with Gasteiger partial charge in [-0.2, -0.15) is 0 Å². The third kappa shape index (κ3) is 1.73. The van der Waals surface area contributed by atoms with Crippen LogP contribution in [-0.2, 0) is 0 Å². The third-order valence-corrected chi connectivity index (χ3v) is 1.86. The number of hydrogen-bond acceptors (Lipinski definition) is 2. The maximum atomic E-state index is 9.51. The summed E-state index contributed by atoms with van der Waals surface area (Å²) >= 11 is 0. The number of phenols is 1. The number of benzene rings is 1. The van der Waals surface area contributed by atoms with Gasteiger partial charge in [0.25, 0.3) is 0 Å². The van der Waals surface area contributed by atoms with Crippen LogP contribution in [0.3, 0.4) is 0 Å². The molecule has 0 spiro atoms. The Balaban J connectivity index is 3.03. The van der Waals surface area contributed by atoms with Crippen LogP contribution in [0, 0.1) is 0 Å². The minimum absolute atomic E-state index is 0.310. The average molecular weight is 164 g/mol. The molecular weight excluding hydrogens is 151 g/mol. The topological polar surface area (TPSA) is 29.5 Å². The van der Waals surface area contributed by atoms with Crippen LogP contribution in [0.2, 0.25) is 0 Å². The zero-order valence-corrected chi connectivity index (χ0v) is 7.66. The summed E-state index contributed by atoms with van der Waals surface area (Å²) in [5.41, 5.74) is 0.954. The normalized spacial score (nSPS) is 10.2. The number of phenolic OH excluding ortho intramolecular Hbond substituents is 1.